The minimum absolute atomic E-state index is 0. The minimum atomic E-state index is -1.08. The van der Waals surface area contributed by atoms with Crippen LogP contribution in [0.2, 0.25) is 0 Å². The number of ether oxygens (including phenoxy) is 4. The summed E-state index contributed by atoms with van der Waals surface area (Å²) in [5, 5.41) is 35.6. The predicted molar refractivity (Wildman–Crippen MR) is 247 cm³/mol. The van der Waals surface area contributed by atoms with Gasteiger partial charge in [-0.15, -0.1) is 0 Å². The van der Waals surface area contributed by atoms with E-state index in [0.717, 1.165) is 118 Å². The van der Waals surface area contributed by atoms with Gasteiger partial charge in [0, 0.05) is 95.7 Å². The molecule has 8 aromatic rings. The number of rotatable bonds is 6. The summed E-state index contributed by atoms with van der Waals surface area (Å²) in [6.45, 7) is 4.42. The van der Waals surface area contributed by atoms with Gasteiger partial charge in [-0.3, -0.25) is 19.9 Å². The molecule has 0 fully saturated rings. The van der Waals surface area contributed by atoms with Crippen molar-refractivity contribution in [2.24, 2.45) is 0 Å². The van der Waals surface area contributed by atoms with E-state index in [1.165, 1.54) is 0 Å². The number of carbonyl (C=O) groups is 4. The average Bonchev–Trinajstić information content (AvgIpc) is 4.04. The van der Waals surface area contributed by atoms with Crippen LogP contribution in [0, 0.1) is 0 Å². The van der Waals surface area contributed by atoms with Gasteiger partial charge in [0.1, 0.15) is 0 Å². The number of aromatic nitrogens is 6. The van der Waals surface area contributed by atoms with E-state index in [9.17, 15) is 0 Å². The van der Waals surface area contributed by atoms with Crippen molar-refractivity contribution in [2.75, 3.05) is 13.6 Å². The van der Waals surface area contributed by atoms with Crippen LogP contribution in [0.1, 0.15) is 27.7 Å². The fourth-order valence-electron chi connectivity index (χ4n) is 6.23. The molecule has 20 heteroatoms. The zero-order valence-corrected chi connectivity index (χ0v) is 45.4. The molecule has 0 saturated heterocycles. The molecule has 72 heavy (non-hydrogen) atoms. The molecule has 0 aliphatic carbocycles. The molecule has 18 nitrogen and oxygen atoms in total. The van der Waals surface area contributed by atoms with Crippen molar-refractivity contribution in [3.05, 3.63) is 159 Å². The summed E-state index contributed by atoms with van der Waals surface area (Å²) >= 11 is 0. The maximum Gasteiger partial charge on any atom is 2.00 e. The fraction of sp³-hybridized carbons (Fsp3) is 0.115. The molecule has 0 amide bonds. The van der Waals surface area contributed by atoms with Crippen molar-refractivity contribution < 1.29 is 97.5 Å². The summed E-state index contributed by atoms with van der Waals surface area (Å²) in [6.07, 6.45) is 14.2. The summed E-state index contributed by atoms with van der Waals surface area (Å²) in [6, 6.07) is 36.0. The van der Waals surface area contributed by atoms with Crippen molar-refractivity contribution in [3.8, 4) is 90.3 Å². The molecule has 2 aliphatic rings. The van der Waals surface area contributed by atoms with E-state index in [4.69, 9.17) is 68.5 Å². The van der Waals surface area contributed by atoms with Crippen molar-refractivity contribution in [1.29, 1.82) is 0 Å². The molecular formula is C52H42N6O12Zn2. The molecule has 2 aliphatic heterocycles. The van der Waals surface area contributed by atoms with Crippen LogP contribution >= 0.6 is 0 Å². The molecule has 0 radical (unpaired) electrons. The van der Waals surface area contributed by atoms with Crippen LogP contribution in [-0.4, -0.2) is 67.4 Å². The first-order valence-electron chi connectivity index (χ1n) is 20.8. The van der Waals surface area contributed by atoms with Gasteiger partial charge in [0.25, 0.3) is 0 Å². The van der Waals surface area contributed by atoms with E-state index in [1.807, 2.05) is 84.9 Å². The number of hydrogen-bond acceptors (Lipinski definition) is 18. The van der Waals surface area contributed by atoms with Gasteiger partial charge in [0.05, 0.1) is 22.8 Å². The number of carboxylic acids is 4. The molecule has 2 aromatic carbocycles. The second-order valence-electron chi connectivity index (χ2n) is 14.3. The molecular weight excluding hydrogens is 1030 g/mol. The molecule has 0 bridgehead atoms. The molecule has 8 heterocycles. The number of aliphatic carboxylic acids is 4. The maximum atomic E-state index is 8.89. The number of benzene rings is 2. The van der Waals surface area contributed by atoms with Crippen LogP contribution in [0.15, 0.2) is 159 Å². The molecule has 0 spiro atoms. The van der Waals surface area contributed by atoms with E-state index >= 15 is 0 Å². The smallest absolute Gasteiger partial charge is 0.550 e. The molecule has 0 N–H and O–H groups in total. The Morgan fingerprint density at radius 3 is 0.792 bits per heavy atom. The van der Waals surface area contributed by atoms with Gasteiger partial charge in [0.15, 0.2) is 23.0 Å². The van der Waals surface area contributed by atoms with E-state index in [2.05, 4.69) is 44.2 Å². The first kappa shape index (κ1) is 58.0. The Bertz CT molecular complexity index is 2660. The Labute approximate surface area is 439 Å². The summed E-state index contributed by atoms with van der Waals surface area (Å²) in [5.74, 6) is -1.26. The van der Waals surface area contributed by atoms with Gasteiger partial charge in [-0.05, 0) is 147 Å². The third kappa shape index (κ3) is 18.9. The van der Waals surface area contributed by atoms with Gasteiger partial charge >= 0.3 is 39.0 Å². The van der Waals surface area contributed by atoms with Crippen molar-refractivity contribution in [3.63, 3.8) is 0 Å². The van der Waals surface area contributed by atoms with Gasteiger partial charge in [-0.2, -0.15) is 0 Å². The van der Waals surface area contributed by atoms with Gasteiger partial charge in [-0.25, -0.2) is 9.97 Å². The van der Waals surface area contributed by atoms with Crippen molar-refractivity contribution in [2.45, 2.75) is 27.7 Å². The monoisotopic (exact) mass is 1070 g/mol. The topological polar surface area (TPSA) is 275 Å². The number of hydrogen-bond donors (Lipinski definition) is 0. The minimum Gasteiger partial charge on any atom is -0.550 e. The van der Waals surface area contributed by atoms with Gasteiger partial charge < -0.3 is 58.6 Å². The summed E-state index contributed by atoms with van der Waals surface area (Å²) in [4.78, 5) is 61.7. The van der Waals surface area contributed by atoms with E-state index < -0.39 is 23.9 Å². The summed E-state index contributed by atoms with van der Waals surface area (Å²) < 4.78 is 21.9. The molecule has 0 atom stereocenters. The Balaban J connectivity index is 0.000000288. The first-order valence-corrected chi connectivity index (χ1v) is 20.8. The summed E-state index contributed by atoms with van der Waals surface area (Å²) in [7, 11) is 0. The second-order valence-corrected chi connectivity index (χ2v) is 14.3. The average molecular weight is 1070 g/mol. The standard InChI is InChI=1S/2C22H15N3O2.4C2H4O2.2Zn/c2*1-2-21-22(27-14-26-21)13-17(1)18-11-19(15-3-7-23-8-4-15)25-20(12-18)16-5-9-24-10-6-16;4*1-2(3)4;;/h2*1-13H,14H2;4*1H3,(H,3,4);;/q;;;;;;2*+2/p-4. The van der Waals surface area contributed by atoms with Crippen LogP contribution in [-0.2, 0) is 58.1 Å². The molecule has 0 saturated carbocycles. The Hall–Kier alpha value is -8.33. The zero-order valence-electron chi connectivity index (χ0n) is 39.4. The van der Waals surface area contributed by atoms with E-state index in [-0.39, 0.29) is 52.5 Å². The largest absolute Gasteiger partial charge is 2.00 e. The molecule has 6 aromatic heterocycles. The molecule has 356 valence electrons. The third-order valence-electron chi connectivity index (χ3n) is 8.97. The Morgan fingerprint density at radius 2 is 0.556 bits per heavy atom. The predicted octanol–water partition coefficient (Wildman–Crippen LogP) is 4.22. The van der Waals surface area contributed by atoms with Crippen molar-refractivity contribution >= 4 is 23.9 Å². The maximum absolute atomic E-state index is 8.89. The molecule has 10 rings (SSSR count). The van der Waals surface area contributed by atoms with E-state index in [1.54, 1.807) is 49.6 Å². The number of carbonyl (C=O) groups excluding carboxylic acids is 4. The van der Waals surface area contributed by atoms with Crippen LogP contribution < -0.4 is 39.4 Å². The van der Waals surface area contributed by atoms with E-state index in [0.29, 0.717) is 0 Å². The Morgan fingerprint density at radius 1 is 0.333 bits per heavy atom. The second kappa shape index (κ2) is 29.6. The fourth-order valence-corrected chi connectivity index (χ4v) is 6.23. The van der Waals surface area contributed by atoms with Crippen LogP contribution in [0.5, 0.6) is 23.0 Å². The number of nitrogens with zero attached hydrogens (tertiary/aromatic N) is 6. The SMILES string of the molecule is CC(=O)[O-].CC(=O)[O-].CC(=O)[O-].CC(=O)[O-].[Zn+2].[Zn+2].c1cc(-c2cc(-c3ccc4c(c3)OCO4)cc(-c3ccncc3)n2)ccn1.c1cc(-c2cc(-c3ccc4c(c3)OCO4)cc(-c3ccncc3)n2)ccn1. The van der Waals surface area contributed by atoms with Crippen LogP contribution in [0.4, 0.5) is 0 Å². The van der Waals surface area contributed by atoms with Crippen LogP contribution in [0.3, 0.4) is 0 Å². The number of carboxylic acid groups (broad SMARTS) is 4. The summed E-state index contributed by atoms with van der Waals surface area (Å²) in [5.41, 5.74) is 11.8. The number of fused-ring (bicyclic) bond motifs is 2. The van der Waals surface area contributed by atoms with Gasteiger partial charge in [0.2, 0.25) is 13.6 Å². The number of pyridine rings is 6. The normalized spacial score (nSPS) is 10.5. The van der Waals surface area contributed by atoms with Crippen LogP contribution in [0.25, 0.3) is 67.3 Å². The zero-order chi connectivity index (χ0) is 50.4. The quantitative estimate of drug-likeness (QED) is 0.211. The molecule has 0 unspecified atom stereocenters. The third-order valence-corrected chi connectivity index (χ3v) is 8.97. The van der Waals surface area contributed by atoms with Gasteiger partial charge in [-0.1, -0.05) is 12.1 Å². The first-order chi connectivity index (χ1) is 33.7. The van der Waals surface area contributed by atoms with Crippen molar-refractivity contribution in [1.82, 2.24) is 29.9 Å². The Kier molecular flexibility index (Phi) is 23.9.